The first-order chi connectivity index (χ1) is 14.2. The predicted octanol–water partition coefficient (Wildman–Crippen LogP) is 3.63. The van der Waals surface area contributed by atoms with Crippen LogP contribution < -0.4 is 16.2 Å². The largest absolute Gasteiger partial charge is 0.508 e. The van der Waals surface area contributed by atoms with E-state index >= 15 is 0 Å². The molecule has 0 saturated carbocycles. The first-order valence-electron chi connectivity index (χ1n) is 8.68. The van der Waals surface area contributed by atoms with Gasteiger partial charge < -0.3 is 16.2 Å². The second-order valence-electron chi connectivity index (χ2n) is 6.46. The number of halogens is 1. The number of fused-ring (bicyclic) bond motifs is 1. The molecule has 0 saturated heterocycles. The minimum atomic E-state index is -4.10. The molecule has 0 aliphatic heterocycles. The van der Waals surface area contributed by atoms with Crippen molar-refractivity contribution in [2.24, 2.45) is 5.14 Å². The van der Waals surface area contributed by atoms with Gasteiger partial charge in [0.15, 0.2) is 5.82 Å². The zero-order chi connectivity index (χ0) is 21.5. The molecule has 1 aromatic heterocycles. The van der Waals surface area contributed by atoms with Crippen LogP contribution in [0.3, 0.4) is 0 Å². The standard InChI is InChI=1S/C20H16ClN5O3S/c21-12-9-8-11(27)10-16(12)26-20-19(24-14-5-1-2-6-15(14)25-20)18-13(22)4-3-7-17(18)30(23,28)29/h1-10,27H,22H2,(H,25,26)(H2,23,28,29). The highest BCUT2D eigenvalue weighted by Gasteiger charge is 2.23. The van der Waals surface area contributed by atoms with Crippen LogP contribution in [0.25, 0.3) is 22.3 Å². The molecule has 0 atom stereocenters. The number of phenols is 1. The summed E-state index contributed by atoms with van der Waals surface area (Å²) in [5.74, 6) is 0.186. The molecular weight excluding hydrogens is 426 g/mol. The Labute approximate surface area is 177 Å². The number of nitrogens with zero attached hydrogens (tertiary/aromatic N) is 2. The van der Waals surface area contributed by atoms with Gasteiger partial charge in [0.25, 0.3) is 0 Å². The first kappa shape index (κ1) is 19.9. The summed E-state index contributed by atoms with van der Waals surface area (Å²) < 4.78 is 24.4. The number of rotatable bonds is 4. The van der Waals surface area contributed by atoms with Crippen molar-refractivity contribution in [2.75, 3.05) is 11.1 Å². The molecule has 0 spiro atoms. The number of hydrogen-bond donors (Lipinski definition) is 4. The Kier molecular flexibility index (Phi) is 4.94. The second kappa shape index (κ2) is 7.45. The Morgan fingerprint density at radius 3 is 2.37 bits per heavy atom. The SMILES string of the molecule is Nc1cccc(S(N)(=O)=O)c1-c1nc2ccccc2nc1Nc1cc(O)ccc1Cl. The van der Waals surface area contributed by atoms with E-state index in [1.54, 1.807) is 30.3 Å². The molecule has 152 valence electrons. The molecular formula is C20H16ClN5O3S. The van der Waals surface area contributed by atoms with E-state index in [-0.39, 0.29) is 33.4 Å². The summed E-state index contributed by atoms with van der Waals surface area (Å²) in [4.78, 5) is 8.99. The molecule has 0 fully saturated rings. The third-order valence-corrected chi connectivity index (χ3v) is 5.66. The average molecular weight is 442 g/mol. The van der Waals surface area contributed by atoms with Crippen LogP contribution in [0.2, 0.25) is 5.02 Å². The number of aromatic hydroxyl groups is 1. The molecule has 4 aromatic rings. The highest BCUT2D eigenvalue weighted by atomic mass is 35.5. The Hall–Kier alpha value is -3.40. The number of nitrogens with two attached hydrogens (primary N) is 2. The summed E-state index contributed by atoms with van der Waals surface area (Å²) in [6.07, 6.45) is 0. The van der Waals surface area contributed by atoms with E-state index in [1.807, 2.05) is 0 Å². The maximum absolute atomic E-state index is 12.2. The Morgan fingerprint density at radius 1 is 0.967 bits per heavy atom. The van der Waals surface area contributed by atoms with Crippen molar-refractivity contribution < 1.29 is 13.5 Å². The van der Waals surface area contributed by atoms with Crippen molar-refractivity contribution in [2.45, 2.75) is 4.90 Å². The molecule has 0 amide bonds. The lowest BCUT2D eigenvalue weighted by atomic mass is 10.1. The Morgan fingerprint density at radius 2 is 1.67 bits per heavy atom. The summed E-state index contributed by atoms with van der Waals surface area (Å²) in [6, 6.07) is 15.8. The van der Waals surface area contributed by atoms with Gasteiger partial charge in [-0.1, -0.05) is 29.8 Å². The lowest BCUT2D eigenvalue weighted by Gasteiger charge is -2.16. The number of nitrogens with one attached hydrogen (secondary N) is 1. The fraction of sp³-hybridized carbons (Fsp3) is 0. The van der Waals surface area contributed by atoms with Crippen LogP contribution in [0.5, 0.6) is 5.75 Å². The Bertz CT molecular complexity index is 1390. The fourth-order valence-electron chi connectivity index (χ4n) is 3.04. The molecule has 6 N–H and O–H groups in total. The van der Waals surface area contributed by atoms with E-state index in [0.717, 1.165) is 0 Å². The van der Waals surface area contributed by atoms with E-state index in [9.17, 15) is 13.5 Å². The van der Waals surface area contributed by atoms with Gasteiger partial charge in [-0.25, -0.2) is 23.5 Å². The monoisotopic (exact) mass is 441 g/mol. The second-order valence-corrected chi connectivity index (χ2v) is 8.40. The molecule has 10 heteroatoms. The third kappa shape index (κ3) is 3.73. The number of anilines is 3. The first-order valence-corrected chi connectivity index (χ1v) is 10.6. The van der Waals surface area contributed by atoms with Gasteiger partial charge >= 0.3 is 0 Å². The molecule has 0 radical (unpaired) electrons. The quantitative estimate of drug-likeness (QED) is 0.354. The average Bonchev–Trinajstić information content (AvgIpc) is 2.69. The van der Waals surface area contributed by atoms with E-state index in [2.05, 4.69) is 15.3 Å². The van der Waals surface area contributed by atoms with E-state index in [1.165, 1.54) is 30.3 Å². The molecule has 30 heavy (non-hydrogen) atoms. The number of hydrogen-bond acceptors (Lipinski definition) is 7. The normalized spacial score (nSPS) is 11.5. The Balaban J connectivity index is 2.03. The third-order valence-electron chi connectivity index (χ3n) is 4.38. The number of benzene rings is 3. The van der Waals surface area contributed by atoms with Crippen molar-refractivity contribution in [1.29, 1.82) is 0 Å². The summed E-state index contributed by atoms with van der Waals surface area (Å²) in [5.41, 5.74) is 8.04. The summed E-state index contributed by atoms with van der Waals surface area (Å²) in [6.45, 7) is 0. The summed E-state index contributed by atoms with van der Waals surface area (Å²) in [7, 11) is -4.10. The van der Waals surface area contributed by atoms with Crippen molar-refractivity contribution in [3.05, 3.63) is 65.7 Å². The molecule has 0 aliphatic carbocycles. The highest BCUT2D eigenvalue weighted by molar-refractivity contribution is 7.89. The maximum Gasteiger partial charge on any atom is 0.238 e. The number of para-hydroxylation sites is 2. The number of sulfonamides is 1. The lowest BCUT2D eigenvalue weighted by molar-refractivity contribution is 0.475. The molecule has 0 aliphatic rings. The van der Waals surface area contributed by atoms with Crippen LogP contribution in [0.1, 0.15) is 0 Å². The van der Waals surface area contributed by atoms with E-state index < -0.39 is 10.0 Å². The van der Waals surface area contributed by atoms with Gasteiger partial charge in [0.05, 0.1) is 26.6 Å². The number of primary sulfonamides is 1. The molecule has 4 rings (SSSR count). The van der Waals surface area contributed by atoms with Gasteiger partial charge in [-0.15, -0.1) is 0 Å². The van der Waals surface area contributed by atoms with Crippen molar-refractivity contribution >= 4 is 49.9 Å². The van der Waals surface area contributed by atoms with Crippen LogP contribution in [0.15, 0.2) is 65.6 Å². The smallest absolute Gasteiger partial charge is 0.238 e. The van der Waals surface area contributed by atoms with Gasteiger partial charge in [0.2, 0.25) is 10.0 Å². The van der Waals surface area contributed by atoms with Crippen LogP contribution >= 0.6 is 11.6 Å². The van der Waals surface area contributed by atoms with Gasteiger partial charge in [-0.3, -0.25) is 0 Å². The van der Waals surface area contributed by atoms with Crippen LogP contribution in [0.4, 0.5) is 17.2 Å². The molecule has 3 aromatic carbocycles. The predicted molar refractivity (Wildman–Crippen MR) is 117 cm³/mol. The zero-order valence-corrected chi connectivity index (χ0v) is 16.9. The van der Waals surface area contributed by atoms with Crippen molar-refractivity contribution in [1.82, 2.24) is 9.97 Å². The van der Waals surface area contributed by atoms with E-state index in [4.69, 9.17) is 22.5 Å². The van der Waals surface area contributed by atoms with Crippen molar-refractivity contribution in [3.63, 3.8) is 0 Å². The highest BCUT2D eigenvalue weighted by Crippen LogP contribution is 2.38. The molecule has 0 bridgehead atoms. The van der Waals surface area contributed by atoms with Gasteiger partial charge in [0.1, 0.15) is 11.4 Å². The summed E-state index contributed by atoms with van der Waals surface area (Å²) in [5, 5.41) is 18.6. The summed E-state index contributed by atoms with van der Waals surface area (Å²) >= 11 is 6.24. The molecule has 1 heterocycles. The molecule has 0 unspecified atom stereocenters. The van der Waals surface area contributed by atoms with Crippen LogP contribution in [0, 0.1) is 0 Å². The van der Waals surface area contributed by atoms with Gasteiger partial charge in [0, 0.05) is 17.3 Å². The topological polar surface area (TPSA) is 144 Å². The minimum Gasteiger partial charge on any atom is -0.508 e. The number of nitrogen functional groups attached to an aromatic ring is 1. The number of phenolic OH excluding ortho intramolecular Hbond substituents is 1. The van der Waals surface area contributed by atoms with Gasteiger partial charge in [-0.05, 0) is 36.4 Å². The van der Waals surface area contributed by atoms with Gasteiger partial charge in [-0.2, -0.15) is 0 Å². The lowest BCUT2D eigenvalue weighted by Crippen LogP contribution is -2.15. The van der Waals surface area contributed by atoms with Crippen molar-refractivity contribution in [3.8, 4) is 17.0 Å². The van der Waals surface area contributed by atoms with E-state index in [0.29, 0.717) is 21.7 Å². The zero-order valence-electron chi connectivity index (χ0n) is 15.4. The van der Waals surface area contributed by atoms with Crippen LogP contribution in [-0.4, -0.2) is 23.5 Å². The fourth-order valence-corrected chi connectivity index (χ4v) is 3.97. The molecule has 8 nitrogen and oxygen atoms in total. The maximum atomic E-state index is 12.2. The number of aromatic nitrogens is 2. The minimum absolute atomic E-state index is 0.0124. The van der Waals surface area contributed by atoms with Crippen LogP contribution in [-0.2, 0) is 10.0 Å².